The molecule has 1 atom stereocenters. The van der Waals surface area contributed by atoms with Gasteiger partial charge in [0.2, 0.25) is 0 Å². The first kappa shape index (κ1) is 15.0. The molecule has 1 aromatic carbocycles. The van der Waals surface area contributed by atoms with Crippen molar-refractivity contribution in [2.24, 2.45) is 5.73 Å². The molecular weight excluding hydrogens is 224 g/mol. The van der Waals surface area contributed by atoms with Crippen LogP contribution in [0.25, 0.3) is 0 Å². The fourth-order valence-corrected chi connectivity index (χ4v) is 2.30. The highest BCUT2D eigenvalue weighted by molar-refractivity contribution is 5.33. The smallest absolute Gasteiger partial charge is 0.119 e. The van der Waals surface area contributed by atoms with Gasteiger partial charge in [0.25, 0.3) is 0 Å². The van der Waals surface area contributed by atoms with Crippen LogP contribution < -0.4 is 10.5 Å². The number of hydrogen-bond acceptors (Lipinski definition) is 3. The molecule has 0 fully saturated rings. The Labute approximate surface area is 111 Å². The second-order valence-electron chi connectivity index (χ2n) is 5.23. The van der Waals surface area contributed by atoms with Crippen molar-refractivity contribution in [2.45, 2.75) is 31.7 Å². The zero-order valence-electron chi connectivity index (χ0n) is 12.1. The average molecular weight is 250 g/mol. The molecule has 1 aromatic rings. The van der Waals surface area contributed by atoms with Gasteiger partial charge in [-0.2, -0.15) is 0 Å². The van der Waals surface area contributed by atoms with Crippen molar-refractivity contribution in [3.63, 3.8) is 0 Å². The third-order valence-electron chi connectivity index (χ3n) is 3.22. The molecular formula is C15H26N2O. The number of hydrogen-bond donors (Lipinski definition) is 1. The number of benzene rings is 1. The normalized spacial score (nSPS) is 14.6. The van der Waals surface area contributed by atoms with Crippen molar-refractivity contribution >= 4 is 0 Å². The number of rotatable bonds is 7. The van der Waals surface area contributed by atoms with Crippen LogP contribution in [0.15, 0.2) is 24.3 Å². The molecule has 0 heterocycles. The second kappa shape index (κ2) is 6.76. The molecule has 0 amide bonds. The lowest BCUT2D eigenvalue weighted by Crippen LogP contribution is -2.45. The van der Waals surface area contributed by atoms with Crippen LogP contribution in [0.5, 0.6) is 5.75 Å². The zero-order chi connectivity index (χ0) is 13.6. The van der Waals surface area contributed by atoms with Gasteiger partial charge >= 0.3 is 0 Å². The Morgan fingerprint density at radius 3 is 2.61 bits per heavy atom. The molecule has 0 bridgehead atoms. The fraction of sp³-hybridized carbons (Fsp3) is 0.600. The summed E-state index contributed by atoms with van der Waals surface area (Å²) in [5, 5.41) is 0. The summed E-state index contributed by atoms with van der Waals surface area (Å²) in [6.07, 6.45) is 3.30. The number of unbranched alkanes of at least 4 members (excludes halogenated alkanes) is 1. The van der Waals surface area contributed by atoms with Crippen LogP contribution in [-0.2, 0) is 5.54 Å². The minimum atomic E-state index is -0.298. The lowest BCUT2D eigenvalue weighted by Gasteiger charge is -2.33. The number of methoxy groups -OCH3 is 1. The van der Waals surface area contributed by atoms with Gasteiger partial charge in [0, 0.05) is 6.54 Å². The zero-order valence-corrected chi connectivity index (χ0v) is 12.1. The third-order valence-corrected chi connectivity index (χ3v) is 3.22. The predicted octanol–water partition coefficient (Wildman–Crippen LogP) is 2.60. The van der Waals surface area contributed by atoms with E-state index in [0.717, 1.165) is 37.1 Å². The van der Waals surface area contributed by atoms with E-state index in [2.05, 4.69) is 38.1 Å². The summed E-state index contributed by atoms with van der Waals surface area (Å²) in [5.74, 6) is 0.873. The van der Waals surface area contributed by atoms with Gasteiger partial charge < -0.3 is 15.4 Å². The highest BCUT2D eigenvalue weighted by Crippen LogP contribution is 2.28. The van der Waals surface area contributed by atoms with Crippen molar-refractivity contribution < 1.29 is 4.74 Å². The van der Waals surface area contributed by atoms with E-state index in [9.17, 15) is 0 Å². The Balaban J connectivity index is 2.99. The molecule has 2 N–H and O–H groups in total. The molecule has 0 radical (unpaired) electrons. The number of ether oxygens (including phenoxy) is 1. The van der Waals surface area contributed by atoms with Gasteiger partial charge in [-0.3, -0.25) is 0 Å². The van der Waals surface area contributed by atoms with Crippen LogP contribution in [0.3, 0.4) is 0 Å². The van der Waals surface area contributed by atoms with Crippen LogP contribution in [0, 0.1) is 0 Å². The topological polar surface area (TPSA) is 38.5 Å². The maximum absolute atomic E-state index is 6.63. The van der Waals surface area contributed by atoms with Crippen LogP contribution in [-0.4, -0.2) is 32.6 Å². The van der Waals surface area contributed by atoms with Gasteiger partial charge in [-0.1, -0.05) is 31.9 Å². The number of nitrogens with two attached hydrogens (primary N) is 1. The maximum Gasteiger partial charge on any atom is 0.119 e. The fourth-order valence-electron chi connectivity index (χ4n) is 2.30. The molecule has 0 saturated carbocycles. The van der Waals surface area contributed by atoms with Gasteiger partial charge in [0.15, 0.2) is 0 Å². The lowest BCUT2D eigenvalue weighted by molar-refractivity contribution is 0.266. The Morgan fingerprint density at radius 1 is 1.33 bits per heavy atom. The van der Waals surface area contributed by atoms with Crippen molar-refractivity contribution in [1.29, 1.82) is 0 Å². The summed E-state index contributed by atoms with van der Waals surface area (Å²) < 4.78 is 5.29. The second-order valence-corrected chi connectivity index (χ2v) is 5.23. The Hall–Kier alpha value is -1.06. The van der Waals surface area contributed by atoms with E-state index in [1.165, 1.54) is 0 Å². The molecule has 0 saturated heterocycles. The highest BCUT2D eigenvalue weighted by atomic mass is 16.5. The van der Waals surface area contributed by atoms with Crippen molar-refractivity contribution in [3.05, 3.63) is 29.8 Å². The van der Waals surface area contributed by atoms with E-state index in [4.69, 9.17) is 10.5 Å². The predicted molar refractivity (Wildman–Crippen MR) is 76.9 cm³/mol. The monoisotopic (exact) mass is 250 g/mol. The molecule has 0 aliphatic rings. The van der Waals surface area contributed by atoms with Gasteiger partial charge in [0.05, 0.1) is 12.6 Å². The molecule has 0 aliphatic carbocycles. The highest BCUT2D eigenvalue weighted by Gasteiger charge is 2.27. The minimum absolute atomic E-state index is 0.298. The van der Waals surface area contributed by atoms with Gasteiger partial charge in [-0.05, 0) is 38.2 Å². The molecule has 1 rings (SSSR count). The van der Waals surface area contributed by atoms with Crippen molar-refractivity contribution in [2.75, 3.05) is 27.7 Å². The first-order valence-electron chi connectivity index (χ1n) is 6.60. The van der Waals surface area contributed by atoms with Gasteiger partial charge in [-0.15, -0.1) is 0 Å². The van der Waals surface area contributed by atoms with E-state index in [1.54, 1.807) is 7.11 Å². The summed E-state index contributed by atoms with van der Waals surface area (Å²) in [4.78, 5) is 2.15. The molecule has 3 nitrogen and oxygen atoms in total. The molecule has 18 heavy (non-hydrogen) atoms. The van der Waals surface area contributed by atoms with E-state index in [1.807, 2.05) is 12.1 Å². The minimum Gasteiger partial charge on any atom is -0.497 e. The Bertz CT molecular complexity index is 365. The van der Waals surface area contributed by atoms with Gasteiger partial charge in [0.1, 0.15) is 5.75 Å². The van der Waals surface area contributed by atoms with Crippen LogP contribution >= 0.6 is 0 Å². The maximum atomic E-state index is 6.63. The van der Waals surface area contributed by atoms with Crippen LogP contribution in [0.2, 0.25) is 0 Å². The molecule has 0 aromatic heterocycles. The lowest BCUT2D eigenvalue weighted by atomic mass is 9.85. The molecule has 3 heteroatoms. The Kier molecular flexibility index (Phi) is 5.63. The summed E-state index contributed by atoms with van der Waals surface area (Å²) in [5.41, 5.74) is 7.49. The molecule has 0 aliphatic heterocycles. The van der Waals surface area contributed by atoms with E-state index in [-0.39, 0.29) is 5.54 Å². The number of likely N-dealkylation sites (N-methyl/N-ethyl adjacent to an activating group) is 1. The van der Waals surface area contributed by atoms with Gasteiger partial charge in [-0.25, -0.2) is 0 Å². The van der Waals surface area contributed by atoms with Crippen LogP contribution in [0.4, 0.5) is 0 Å². The SMILES string of the molecule is CCCCC(N)(CN(C)C)c1cccc(OC)c1. The van der Waals surface area contributed by atoms with E-state index in [0.29, 0.717) is 0 Å². The third kappa shape index (κ3) is 4.00. The van der Waals surface area contributed by atoms with E-state index >= 15 is 0 Å². The van der Waals surface area contributed by atoms with E-state index < -0.39 is 0 Å². The first-order chi connectivity index (χ1) is 8.51. The molecule has 1 unspecified atom stereocenters. The first-order valence-corrected chi connectivity index (χ1v) is 6.60. The molecule has 0 spiro atoms. The average Bonchev–Trinajstić information content (AvgIpc) is 2.35. The van der Waals surface area contributed by atoms with Crippen molar-refractivity contribution in [1.82, 2.24) is 4.90 Å². The van der Waals surface area contributed by atoms with Crippen LogP contribution in [0.1, 0.15) is 31.7 Å². The standard InChI is InChI=1S/C15H26N2O/c1-5-6-10-15(16,12-17(2)3)13-8-7-9-14(11-13)18-4/h7-9,11H,5-6,10,12,16H2,1-4H3. The largest absolute Gasteiger partial charge is 0.497 e. The quantitative estimate of drug-likeness (QED) is 0.808. The summed E-state index contributed by atoms with van der Waals surface area (Å²) in [6.45, 7) is 3.04. The number of nitrogens with zero attached hydrogens (tertiary/aromatic N) is 1. The summed E-state index contributed by atoms with van der Waals surface area (Å²) in [7, 11) is 5.82. The summed E-state index contributed by atoms with van der Waals surface area (Å²) in [6, 6.07) is 8.12. The molecule has 102 valence electrons. The van der Waals surface area contributed by atoms with Crippen molar-refractivity contribution in [3.8, 4) is 5.75 Å². The Morgan fingerprint density at radius 2 is 2.06 bits per heavy atom. The summed E-state index contributed by atoms with van der Waals surface area (Å²) >= 11 is 0.